The van der Waals surface area contributed by atoms with E-state index in [-0.39, 0.29) is 18.3 Å². The molecule has 0 aromatic heterocycles. The van der Waals surface area contributed by atoms with Crippen LogP contribution in [0, 0.1) is 5.92 Å². The highest BCUT2D eigenvalue weighted by Gasteiger charge is 2.45. The molecule has 3 nitrogen and oxygen atoms in total. The van der Waals surface area contributed by atoms with E-state index >= 15 is 0 Å². The van der Waals surface area contributed by atoms with Gasteiger partial charge in [-0.05, 0) is 31.6 Å². The Hall–Kier alpha value is -0.280. The van der Waals surface area contributed by atoms with E-state index in [0.717, 1.165) is 31.7 Å². The number of carbonyl (C=O) groups excluding carboxylic acids is 1. The summed E-state index contributed by atoms with van der Waals surface area (Å²) in [6.45, 7) is 0.814. The SMILES string of the molecule is Cl.NC1(C(=O)NCCCC2CCCC2)CC1. The van der Waals surface area contributed by atoms with Crippen LogP contribution in [0.25, 0.3) is 0 Å². The smallest absolute Gasteiger partial charge is 0.240 e. The topological polar surface area (TPSA) is 55.1 Å². The predicted molar refractivity (Wildman–Crippen MR) is 67.6 cm³/mol. The van der Waals surface area contributed by atoms with Crippen LogP contribution in [0.3, 0.4) is 0 Å². The van der Waals surface area contributed by atoms with Crippen LogP contribution in [-0.4, -0.2) is 18.0 Å². The van der Waals surface area contributed by atoms with Gasteiger partial charge in [0.2, 0.25) is 5.91 Å². The Kier molecular flexibility index (Phi) is 5.06. The van der Waals surface area contributed by atoms with E-state index in [1.54, 1.807) is 0 Å². The Morgan fingerprint density at radius 2 is 1.94 bits per heavy atom. The number of halogens is 1. The molecule has 4 heteroatoms. The number of hydrogen-bond acceptors (Lipinski definition) is 2. The van der Waals surface area contributed by atoms with Gasteiger partial charge in [-0.2, -0.15) is 0 Å². The summed E-state index contributed by atoms with van der Waals surface area (Å²) in [7, 11) is 0. The summed E-state index contributed by atoms with van der Waals surface area (Å²) in [5.41, 5.74) is 5.29. The summed E-state index contributed by atoms with van der Waals surface area (Å²) >= 11 is 0. The molecule has 2 aliphatic rings. The zero-order valence-corrected chi connectivity index (χ0v) is 10.7. The van der Waals surface area contributed by atoms with Crippen molar-refractivity contribution in [3.8, 4) is 0 Å². The van der Waals surface area contributed by atoms with Gasteiger partial charge in [-0.25, -0.2) is 0 Å². The highest BCUT2D eigenvalue weighted by molar-refractivity contribution is 5.88. The first kappa shape index (κ1) is 13.8. The minimum absolute atomic E-state index is 0. The summed E-state index contributed by atoms with van der Waals surface area (Å²) < 4.78 is 0. The third kappa shape index (κ3) is 3.63. The van der Waals surface area contributed by atoms with Crippen LogP contribution in [-0.2, 0) is 4.79 Å². The van der Waals surface area contributed by atoms with Crippen molar-refractivity contribution in [2.75, 3.05) is 6.54 Å². The van der Waals surface area contributed by atoms with E-state index in [1.807, 2.05) is 0 Å². The number of carbonyl (C=O) groups is 1. The third-order valence-corrected chi connectivity index (χ3v) is 3.79. The second-order valence-corrected chi connectivity index (χ2v) is 5.20. The first-order valence-electron chi connectivity index (χ1n) is 6.28. The monoisotopic (exact) mass is 246 g/mol. The average Bonchev–Trinajstić information content (AvgIpc) is 2.80. The summed E-state index contributed by atoms with van der Waals surface area (Å²) in [5.74, 6) is 0.989. The normalized spacial score (nSPS) is 22.6. The zero-order valence-electron chi connectivity index (χ0n) is 9.84. The van der Waals surface area contributed by atoms with Gasteiger partial charge >= 0.3 is 0 Å². The largest absolute Gasteiger partial charge is 0.355 e. The molecule has 0 heterocycles. The van der Waals surface area contributed by atoms with Gasteiger partial charge in [-0.15, -0.1) is 12.4 Å². The lowest BCUT2D eigenvalue weighted by Gasteiger charge is -2.11. The molecule has 2 fully saturated rings. The van der Waals surface area contributed by atoms with Crippen LogP contribution in [0.2, 0.25) is 0 Å². The van der Waals surface area contributed by atoms with Gasteiger partial charge < -0.3 is 11.1 Å². The molecule has 0 unspecified atom stereocenters. The Labute approximate surface area is 104 Å². The summed E-state index contributed by atoms with van der Waals surface area (Å²) in [6, 6.07) is 0. The van der Waals surface area contributed by atoms with Crippen molar-refractivity contribution < 1.29 is 4.79 Å². The van der Waals surface area contributed by atoms with Crippen LogP contribution in [0.1, 0.15) is 51.4 Å². The zero-order chi connectivity index (χ0) is 10.7. The van der Waals surface area contributed by atoms with Crippen molar-refractivity contribution >= 4 is 18.3 Å². The third-order valence-electron chi connectivity index (χ3n) is 3.79. The molecule has 2 rings (SSSR count). The molecule has 94 valence electrons. The molecule has 0 aromatic rings. The molecule has 2 aliphatic carbocycles. The van der Waals surface area contributed by atoms with Crippen molar-refractivity contribution in [3.63, 3.8) is 0 Å². The van der Waals surface area contributed by atoms with E-state index in [4.69, 9.17) is 5.73 Å². The molecule has 3 N–H and O–H groups in total. The van der Waals surface area contributed by atoms with Crippen LogP contribution >= 0.6 is 12.4 Å². The number of hydrogen-bond donors (Lipinski definition) is 2. The molecule has 0 radical (unpaired) electrons. The molecule has 0 spiro atoms. The molecule has 1 amide bonds. The van der Waals surface area contributed by atoms with E-state index in [1.165, 1.54) is 32.1 Å². The van der Waals surface area contributed by atoms with Crippen molar-refractivity contribution in [1.29, 1.82) is 0 Å². The fourth-order valence-corrected chi connectivity index (χ4v) is 2.43. The first-order chi connectivity index (χ1) is 7.21. The molecule has 0 aromatic carbocycles. The van der Waals surface area contributed by atoms with E-state index in [9.17, 15) is 4.79 Å². The minimum Gasteiger partial charge on any atom is -0.355 e. The number of nitrogens with one attached hydrogen (secondary N) is 1. The minimum atomic E-state index is -0.493. The standard InChI is InChI=1S/C12H22N2O.ClH/c13-12(7-8-12)11(15)14-9-3-6-10-4-1-2-5-10;/h10H,1-9,13H2,(H,14,15);1H. The van der Waals surface area contributed by atoms with Gasteiger partial charge in [0.05, 0.1) is 5.54 Å². The van der Waals surface area contributed by atoms with Crippen molar-refractivity contribution in [2.24, 2.45) is 11.7 Å². The van der Waals surface area contributed by atoms with E-state index < -0.39 is 5.54 Å². The van der Waals surface area contributed by atoms with Gasteiger partial charge in [0.25, 0.3) is 0 Å². The van der Waals surface area contributed by atoms with Gasteiger partial charge in [-0.3, -0.25) is 4.79 Å². The number of nitrogens with two attached hydrogens (primary N) is 1. The molecule has 0 aliphatic heterocycles. The Morgan fingerprint density at radius 3 is 2.50 bits per heavy atom. The molecule has 0 bridgehead atoms. The number of amides is 1. The first-order valence-corrected chi connectivity index (χ1v) is 6.28. The average molecular weight is 247 g/mol. The van der Waals surface area contributed by atoms with Crippen LogP contribution < -0.4 is 11.1 Å². The molecular formula is C12H23ClN2O. The van der Waals surface area contributed by atoms with E-state index in [0.29, 0.717) is 0 Å². The molecule has 2 saturated carbocycles. The lowest BCUT2D eigenvalue weighted by Crippen LogP contribution is -2.43. The summed E-state index contributed by atoms with van der Waals surface area (Å²) in [4.78, 5) is 11.5. The highest BCUT2D eigenvalue weighted by atomic mass is 35.5. The predicted octanol–water partition coefficient (Wildman–Crippen LogP) is 1.99. The fraction of sp³-hybridized carbons (Fsp3) is 0.917. The van der Waals surface area contributed by atoms with Crippen LogP contribution in [0.4, 0.5) is 0 Å². The summed E-state index contributed by atoms with van der Waals surface area (Å²) in [6.07, 6.45) is 9.72. The maximum atomic E-state index is 11.5. The Balaban J connectivity index is 0.00000128. The van der Waals surface area contributed by atoms with Crippen molar-refractivity contribution in [2.45, 2.75) is 56.9 Å². The van der Waals surface area contributed by atoms with Gasteiger partial charge in [0, 0.05) is 6.54 Å². The fourth-order valence-electron chi connectivity index (χ4n) is 2.43. The van der Waals surface area contributed by atoms with Gasteiger partial charge in [0.1, 0.15) is 0 Å². The highest BCUT2D eigenvalue weighted by Crippen LogP contribution is 2.32. The van der Waals surface area contributed by atoms with Gasteiger partial charge in [0.15, 0.2) is 0 Å². The molecular weight excluding hydrogens is 224 g/mol. The van der Waals surface area contributed by atoms with Crippen molar-refractivity contribution in [3.05, 3.63) is 0 Å². The number of rotatable bonds is 5. The maximum absolute atomic E-state index is 11.5. The molecule has 0 atom stereocenters. The van der Waals surface area contributed by atoms with Crippen molar-refractivity contribution in [1.82, 2.24) is 5.32 Å². The maximum Gasteiger partial charge on any atom is 0.240 e. The quantitative estimate of drug-likeness (QED) is 0.729. The lowest BCUT2D eigenvalue weighted by atomic mass is 10.0. The van der Waals surface area contributed by atoms with Crippen LogP contribution in [0.15, 0.2) is 0 Å². The molecule has 0 saturated heterocycles. The summed E-state index contributed by atoms with van der Waals surface area (Å²) in [5, 5.41) is 2.95. The second kappa shape index (κ2) is 5.87. The lowest BCUT2D eigenvalue weighted by molar-refractivity contribution is -0.123. The Morgan fingerprint density at radius 1 is 1.31 bits per heavy atom. The van der Waals surface area contributed by atoms with Crippen LogP contribution in [0.5, 0.6) is 0 Å². The Bertz CT molecular complexity index is 235. The second-order valence-electron chi connectivity index (χ2n) is 5.20. The van der Waals surface area contributed by atoms with E-state index in [2.05, 4.69) is 5.32 Å². The molecule has 16 heavy (non-hydrogen) atoms. The van der Waals surface area contributed by atoms with Gasteiger partial charge in [-0.1, -0.05) is 25.7 Å².